The van der Waals surface area contributed by atoms with Crippen molar-refractivity contribution in [2.45, 2.75) is 26.4 Å². The van der Waals surface area contributed by atoms with E-state index >= 15 is 0 Å². The Kier molecular flexibility index (Phi) is 7.90. The molecule has 38 heavy (non-hydrogen) atoms. The fourth-order valence-corrected chi connectivity index (χ4v) is 4.73. The highest BCUT2D eigenvalue weighted by atomic mass is 35.5. The van der Waals surface area contributed by atoms with Crippen LogP contribution >= 0.6 is 11.6 Å². The van der Waals surface area contributed by atoms with E-state index in [2.05, 4.69) is 20.4 Å². The van der Waals surface area contributed by atoms with Crippen LogP contribution in [0.25, 0.3) is 10.9 Å². The number of amides is 1. The first-order valence-corrected chi connectivity index (χ1v) is 12.7. The van der Waals surface area contributed by atoms with Crippen LogP contribution in [0.3, 0.4) is 0 Å². The van der Waals surface area contributed by atoms with E-state index in [4.69, 9.17) is 25.6 Å². The van der Waals surface area contributed by atoms with Gasteiger partial charge in [-0.2, -0.15) is 0 Å². The number of aliphatic hydroxyl groups is 1. The summed E-state index contributed by atoms with van der Waals surface area (Å²) in [6.45, 7) is 3.26. The van der Waals surface area contributed by atoms with Crippen LogP contribution in [0.4, 0.5) is 11.5 Å². The molecule has 1 aliphatic heterocycles. The highest BCUT2D eigenvalue weighted by Gasteiger charge is 2.24. The Morgan fingerprint density at radius 1 is 1.21 bits per heavy atom. The van der Waals surface area contributed by atoms with Crippen molar-refractivity contribution in [2.24, 2.45) is 5.92 Å². The lowest BCUT2D eigenvalue weighted by Gasteiger charge is -2.32. The molecule has 1 aliphatic rings. The van der Waals surface area contributed by atoms with Crippen LogP contribution in [-0.2, 0) is 11.4 Å². The minimum atomic E-state index is -0.471. The van der Waals surface area contributed by atoms with Crippen molar-refractivity contribution in [3.05, 3.63) is 65.3 Å². The Balaban J connectivity index is 1.30. The lowest BCUT2D eigenvalue weighted by atomic mass is 9.99. The van der Waals surface area contributed by atoms with Crippen molar-refractivity contribution < 1.29 is 23.9 Å². The van der Waals surface area contributed by atoms with E-state index in [0.717, 1.165) is 29.4 Å². The maximum atomic E-state index is 11.9. The Bertz CT molecular complexity index is 1420. The zero-order valence-corrected chi connectivity index (χ0v) is 21.6. The second-order valence-electron chi connectivity index (χ2n) is 9.18. The summed E-state index contributed by atoms with van der Waals surface area (Å²) >= 11 is 6.49. The van der Waals surface area contributed by atoms with Crippen LogP contribution in [0.5, 0.6) is 11.5 Å². The van der Waals surface area contributed by atoms with Gasteiger partial charge in [-0.1, -0.05) is 22.8 Å². The topological polar surface area (TPSA) is 123 Å². The predicted molar refractivity (Wildman–Crippen MR) is 142 cm³/mol. The first-order valence-electron chi connectivity index (χ1n) is 12.4. The maximum absolute atomic E-state index is 11.9. The molecule has 11 heteroatoms. The molecule has 1 amide bonds. The molecule has 198 valence electrons. The van der Waals surface area contributed by atoms with Gasteiger partial charge in [-0.05, 0) is 50.1 Å². The minimum Gasteiger partial charge on any atom is -0.492 e. The molecule has 4 aromatic rings. The van der Waals surface area contributed by atoms with E-state index in [0.29, 0.717) is 53.5 Å². The molecule has 1 unspecified atom stereocenters. The lowest BCUT2D eigenvalue weighted by Crippen LogP contribution is -2.42. The van der Waals surface area contributed by atoms with Gasteiger partial charge in [0.05, 0.1) is 22.5 Å². The summed E-state index contributed by atoms with van der Waals surface area (Å²) in [4.78, 5) is 22.5. The summed E-state index contributed by atoms with van der Waals surface area (Å²) in [7, 11) is 0. The average molecular weight is 538 g/mol. The number of aromatic nitrogens is 3. The molecule has 0 radical (unpaired) electrons. The number of nitrogens with one attached hydrogen (secondary N) is 1. The third-order valence-electron chi connectivity index (χ3n) is 6.35. The van der Waals surface area contributed by atoms with Crippen LogP contribution in [0.1, 0.15) is 24.3 Å². The van der Waals surface area contributed by atoms with Crippen molar-refractivity contribution in [3.8, 4) is 11.5 Å². The molecule has 10 nitrogen and oxygen atoms in total. The monoisotopic (exact) mass is 537 g/mol. The zero-order valence-electron chi connectivity index (χ0n) is 20.9. The second-order valence-corrected chi connectivity index (χ2v) is 9.58. The molecule has 0 bridgehead atoms. The number of piperidine rings is 1. The van der Waals surface area contributed by atoms with Gasteiger partial charge in [0, 0.05) is 30.8 Å². The first-order chi connectivity index (χ1) is 18.5. The van der Waals surface area contributed by atoms with Gasteiger partial charge in [0.25, 0.3) is 0 Å². The Morgan fingerprint density at radius 2 is 2.11 bits per heavy atom. The number of anilines is 2. The molecule has 2 aromatic carbocycles. The number of hydrogen-bond donors (Lipinski definition) is 2. The van der Waals surface area contributed by atoms with Crippen LogP contribution in [0, 0.1) is 12.8 Å². The van der Waals surface area contributed by atoms with Gasteiger partial charge in [-0.3, -0.25) is 4.79 Å². The Labute approximate surface area is 224 Å². The highest BCUT2D eigenvalue weighted by molar-refractivity contribution is 6.32. The number of benzene rings is 2. The van der Waals surface area contributed by atoms with E-state index in [9.17, 15) is 9.90 Å². The maximum Gasteiger partial charge on any atom is 0.248 e. The van der Waals surface area contributed by atoms with E-state index < -0.39 is 6.61 Å². The van der Waals surface area contributed by atoms with Crippen molar-refractivity contribution in [1.82, 2.24) is 20.0 Å². The largest absolute Gasteiger partial charge is 0.492 e. The normalized spacial score (nSPS) is 15.4. The molecule has 1 atom stereocenters. The average Bonchev–Trinajstić information content (AvgIpc) is 3.36. The summed E-state index contributed by atoms with van der Waals surface area (Å²) in [5, 5.41) is 17.6. The minimum absolute atomic E-state index is 0.170. The summed E-state index contributed by atoms with van der Waals surface area (Å²) in [6.07, 6.45) is 3.32. The van der Waals surface area contributed by atoms with Gasteiger partial charge in [-0.15, -0.1) is 0 Å². The molecule has 0 saturated carbocycles. The number of fused-ring (bicyclic) bond motifs is 1. The smallest absolute Gasteiger partial charge is 0.248 e. The quantitative estimate of drug-likeness (QED) is 0.317. The number of aliphatic hydroxyl groups excluding tert-OH is 1. The van der Waals surface area contributed by atoms with E-state index in [-0.39, 0.29) is 18.4 Å². The predicted octanol–water partition coefficient (Wildman–Crippen LogP) is 4.51. The molecule has 2 aromatic heterocycles. The van der Waals surface area contributed by atoms with Crippen LogP contribution < -0.4 is 14.8 Å². The number of nitrogens with zero attached hydrogens (tertiary/aromatic N) is 4. The third-order valence-corrected chi connectivity index (χ3v) is 6.65. The van der Waals surface area contributed by atoms with E-state index in [1.165, 1.54) is 6.33 Å². The van der Waals surface area contributed by atoms with Gasteiger partial charge >= 0.3 is 0 Å². The highest BCUT2D eigenvalue weighted by Crippen LogP contribution is 2.34. The standard InChI is InChI=1S/C27H28ClN5O5/c1-17-10-20(32-38-17)15-37-23-8-7-19(11-21(23)28)31-27-26-22(29-16-30-27)5-2-6-24(26)36-14-18-4-3-9-33(12-18)25(35)13-34/h2,5-8,10-11,16,18,34H,3-4,9,12-15H2,1H3,(H,29,30,31). The number of halogens is 1. The van der Waals surface area contributed by atoms with Crippen molar-refractivity contribution >= 4 is 39.9 Å². The summed E-state index contributed by atoms with van der Waals surface area (Å²) in [6, 6.07) is 12.9. The molecule has 1 fully saturated rings. The number of ether oxygens (including phenoxy) is 2. The Morgan fingerprint density at radius 3 is 2.89 bits per heavy atom. The van der Waals surface area contributed by atoms with Crippen LogP contribution in [-0.4, -0.2) is 57.3 Å². The van der Waals surface area contributed by atoms with Crippen LogP contribution in [0.2, 0.25) is 5.02 Å². The number of aryl methyl sites for hydroxylation is 1. The molecule has 5 rings (SSSR count). The number of carbonyl (C=O) groups is 1. The molecule has 2 N–H and O–H groups in total. The molecular formula is C27H28ClN5O5. The zero-order chi connectivity index (χ0) is 26.5. The first kappa shape index (κ1) is 25.7. The van der Waals surface area contributed by atoms with E-state index in [1.54, 1.807) is 17.0 Å². The van der Waals surface area contributed by atoms with Gasteiger partial charge in [-0.25, -0.2) is 9.97 Å². The number of hydrogen-bond acceptors (Lipinski definition) is 9. The van der Waals surface area contributed by atoms with Crippen molar-refractivity contribution in [3.63, 3.8) is 0 Å². The van der Waals surface area contributed by atoms with Gasteiger partial charge in [0.2, 0.25) is 5.91 Å². The van der Waals surface area contributed by atoms with Gasteiger partial charge in [0.1, 0.15) is 48.3 Å². The number of likely N-dealkylation sites (tertiary alicyclic amines) is 1. The number of rotatable bonds is 9. The number of carbonyl (C=O) groups excluding carboxylic acids is 1. The Hall–Kier alpha value is -3.89. The van der Waals surface area contributed by atoms with Crippen molar-refractivity contribution in [2.75, 3.05) is 31.6 Å². The van der Waals surface area contributed by atoms with Crippen LogP contribution in [0.15, 0.2) is 53.3 Å². The molecule has 0 spiro atoms. The molecule has 0 aliphatic carbocycles. The van der Waals surface area contributed by atoms with Gasteiger partial charge in [0.15, 0.2) is 0 Å². The third kappa shape index (κ3) is 5.98. The fraction of sp³-hybridized carbons (Fsp3) is 0.333. The van der Waals surface area contributed by atoms with Crippen molar-refractivity contribution in [1.29, 1.82) is 0 Å². The molecule has 3 heterocycles. The SMILES string of the molecule is Cc1cc(COc2ccc(Nc3ncnc4cccc(OCC5CCCN(C(=O)CO)C5)c34)cc2Cl)no1. The lowest BCUT2D eigenvalue weighted by molar-refractivity contribution is -0.136. The summed E-state index contributed by atoms with van der Waals surface area (Å²) in [5.74, 6) is 2.38. The van der Waals surface area contributed by atoms with Gasteiger partial charge < -0.3 is 29.3 Å². The second kappa shape index (κ2) is 11.7. The van der Waals surface area contributed by atoms with E-state index in [1.807, 2.05) is 37.3 Å². The summed E-state index contributed by atoms with van der Waals surface area (Å²) in [5.41, 5.74) is 2.14. The molecule has 1 saturated heterocycles. The molecular weight excluding hydrogens is 510 g/mol. The fourth-order valence-electron chi connectivity index (χ4n) is 4.50. The summed E-state index contributed by atoms with van der Waals surface area (Å²) < 4.78 is 17.1.